The SMILES string of the molecule is COC(=O)c1cc([N+](=O)[O-])c(=O)n(CC(=O)NCc2ccccc2S(=O)(=O)N(C)C)c1. The Morgan fingerprint density at radius 1 is 1.26 bits per heavy atom. The molecule has 13 heteroatoms. The third kappa shape index (κ3) is 5.32. The molecule has 2 rings (SSSR count). The van der Waals surface area contributed by atoms with E-state index < -0.39 is 44.6 Å². The van der Waals surface area contributed by atoms with Gasteiger partial charge in [-0.05, 0) is 11.6 Å². The highest BCUT2D eigenvalue weighted by Gasteiger charge is 2.23. The van der Waals surface area contributed by atoms with Gasteiger partial charge in [0.1, 0.15) is 6.54 Å². The van der Waals surface area contributed by atoms with Crippen molar-refractivity contribution in [2.45, 2.75) is 18.0 Å². The largest absolute Gasteiger partial charge is 0.465 e. The summed E-state index contributed by atoms with van der Waals surface area (Å²) in [6.07, 6.45) is 0.977. The molecule has 0 bridgehead atoms. The molecule has 166 valence electrons. The van der Waals surface area contributed by atoms with Crippen LogP contribution in [0.15, 0.2) is 46.2 Å². The first-order chi connectivity index (χ1) is 14.5. The molecule has 2 aromatic rings. The van der Waals surface area contributed by atoms with Gasteiger partial charge >= 0.3 is 17.2 Å². The highest BCUT2D eigenvalue weighted by molar-refractivity contribution is 7.89. The van der Waals surface area contributed by atoms with E-state index in [0.717, 1.165) is 23.7 Å². The Morgan fingerprint density at radius 3 is 2.48 bits per heavy atom. The number of sulfonamides is 1. The van der Waals surface area contributed by atoms with Crippen molar-refractivity contribution in [3.8, 4) is 0 Å². The van der Waals surface area contributed by atoms with Crippen molar-refractivity contribution in [2.24, 2.45) is 0 Å². The zero-order valence-corrected chi connectivity index (χ0v) is 17.7. The molecule has 0 aliphatic heterocycles. The van der Waals surface area contributed by atoms with E-state index in [1.807, 2.05) is 0 Å². The van der Waals surface area contributed by atoms with Gasteiger partial charge in [-0.15, -0.1) is 0 Å². The van der Waals surface area contributed by atoms with Gasteiger partial charge in [0.15, 0.2) is 0 Å². The molecule has 0 saturated heterocycles. The number of nitrogens with one attached hydrogen (secondary N) is 1. The number of benzene rings is 1. The molecule has 1 aromatic carbocycles. The van der Waals surface area contributed by atoms with Crippen molar-refractivity contribution in [1.29, 1.82) is 0 Å². The predicted molar refractivity (Wildman–Crippen MR) is 108 cm³/mol. The van der Waals surface area contributed by atoms with Crippen LogP contribution in [0.4, 0.5) is 5.69 Å². The van der Waals surface area contributed by atoms with E-state index in [-0.39, 0.29) is 17.0 Å². The van der Waals surface area contributed by atoms with Gasteiger partial charge in [-0.25, -0.2) is 17.5 Å². The van der Waals surface area contributed by atoms with Gasteiger partial charge < -0.3 is 10.1 Å². The second-order valence-electron chi connectivity index (χ2n) is 6.47. The van der Waals surface area contributed by atoms with Crippen LogP contribution in [0.25, 0.3) is 0 Å². The lowest BCUT2D eigenvalue weighted by Crippen LogP contribution is -2.33. The predicted octanol–water partition coefficient (Wildman–Crippen LogP) is 0.110. The third-order valence-corrected chi connectivity index (χ3v) is 6.12. The molecular formula is C18H20N4O8S. The van der Waals surface area contributed by atoms with Gasteiger partial charge in [-0.3, -0.25) is 24.3 Å². The summed E-state index contributed by atoms with van der Waals surface area (Å²) in [4.78, 5) is 46.4. The Labute approximate surface area is 177 Å². The molecule has 1 heterocycles. The van der Waals surface area contributed by atoms with E-state index in [1.165, 1.54) is 26.2 Å². The molecule has 0 spiro atoms. The van der Waals surface area contributed by atoms with Gasteiger partial charge in [-0.2, -0.15) is 0 Å². The van der Waals surface area contributed by atoms with Crippen LogP contribution in [-0.2, 0) is 32.6 Å². The molecule has 1 amide bonds. The number of hydrogen-bond acceptors (Lipinski definition) is 8. The summed E-state index contributed by atoms with van der Waals surface area (Å²) in [5.74, 6) is -1.64. The van der Waals surface area contributed by atoms with Crippen LogP contribution >= 0.6 is 0 Å². The summed E-state index contributed by atoms with van der Waals surface area (Å²) in [6.45, 7) is -0.803. The van der Waals surface area contributed by atoms with Gasteiger partial charge in [0.25, 0.3) is 0 Å². The molecular weight excluding hydrogens is 432 g/mol. The molecule has 0 radical (unpaired) electrons. The molecule has 0 atom stereocenters. The summed E-state index contributed by atoms with van der Waals surface area (Å²) in [6, 6.07) is 6.82. The number of carbonyl (C=O) groups excluding carboxylic acids is 2. The second kappa shape index (κ2) is 9.49. The number of hydrogen-bond donors (Lipinski definition) is 1. The second-order valence-corrected chi connectivity index (χ2v) is 8.59. The number of nitrogens with zero attached hydrogens (tertiary/aromatic N) is 3. The lowest BCUT2D eigenvalue weighted by atomic mass is 10.2. The maximum absolute atomic E-state index is 12.4. The molecule has 1 aromatic heterocycles. The monoisotopic (exact) mass is 452 g/mol. The molecule has 31 heavy (non-hydrogen) atoms. The first-order valence-corrected chi connectivity index (χ1v) is 10.2. The Bertz CT molecular complexity index is 1190. The van der Waals surface area contributed by atoms with Crippen LogP contribution in [0.3, 0.4) is 0 Å². The van der Waals surface area contributed by atoms with Crippen molar-refractivity contribution in [3.63, 3.8) is 0 Å². The van der Waals surface area contributed by atoms with Gasteiger partial charge in [0.05, 0.1) is 22.5 Å². The van der Waals surface area contributed by atoms with Crippen LogP contribution in [0.2, 0.25) is 0 Å². The van der Waals surface area contributed by atoms with E-state index in [4.69, 9.17) is 0 Å². The van der Waals surface area contributed by atoms with E-state index in [9.17, 15) is 32.9 Å². The Balaban J connectivity index is 2.27. The minimum atomic E-state index is -3.75. The number of ether oxygens (including phenoxy) is 1. The van der Waals surface area contributed by atoms with Crippen LogP contribution in [0.1, 0.15) is 15.9 Å². The first kappa shape index (κ1) is 23.7. The molecule has 0 aliphatic rings. The number of methoxy groups -OCH3 is 1. The maximum atomic E-state index is 12.4. The topological polar surface area (TPSA) is 158 Å². The lowest BCUT2D eigenvalue weighted by Gasteiger charge is -2.15. The van der Waals surface area contributed by atoms with E-state index in [2.05, 4.69) is 10.1 Å². The number of pyridine rings is 1. The first-order valence-electron chi connectivity index (χ1n) is 8.73. The van der Waals surface area contributed by atoms with Gasteiger partial charge in [0, 0.05) is 32.9 Å². The fraction of sp³-hybridized carbons (Fsp3) is 0.278. The van der Waals surface area contributed by atoms with E-state index in [0.29, 0.717) is 10.1 Å². The van der Waals surface area contributed by atoms with Crippen LogP contribution < -0.4 is 10.9 Å². The van der Waals surface area contributed by atoms with Crippen molar-refractivity contribution >= 4 is 27.6 Å². The van der Waals surface area contributed by atoms with Crippen LogP contribution in [0.5, 0.6) is 0 Å². The number of aromatic nitrogens is 1. The number of amides is 1. The Kier molecular flexibility index (Phi) is 7.25. The summed E-state index contributed by atoms with van der Waals surface area (Å²) in [7, 11) is 0.0579. The fourth-order valence-electron chi connectivity index (χ4n) is 2.60. The average Bonchev–Trinajstić information content (AvgIpc) is 2.72. The third-order valence-electron chi connectivity index (χ3n) is 4.21. The van der Waals surface area contributed by atoms with Gasteiger partial charge in [0.2, 0.25) is 15.9 Å². The van der Waals surface area contributed by atoms with Gasteiger partial charge in [-0.1, -0.05) is 18.2 Å². The molecule has 0 aliphatic carbocycles. The maximum Gasteiger partial charge on any atom is 0.339 e. The summed E-state index contributed by atoms with van der Waals surface area (Å²) in [5, 5.41) is 13.6. The van der Waals surface area contributed by atoms with Crippen molar-refractivity contribution in [3.05, 3.63) is 68.1 Å². The zero-order valence-electron chi connectivity index (χ0n) is 16.9. The number of carbonyl (C=O) groups is 2. The Morgan fingerprint density at radius 2 is 1.90 bits per heavy atom. The summed E-state index contributed by atoms with van der Waals surface area (Å²) < 4.78 is 31.1. The van der Waals surface area contributed by atoms with Crippen molar-refractivity contribution < 1.29 is 27.7 Å². The molecule has 1 N–H and O–H groups in total. The highest BCUT2D eigenvalue weighted by Crippen LogP contribution is 2.18. The van der Waals surface area contributed by atoms with E-state index >= 15 is 0 Å². The fourth-order valence-corrected chi connectivity index (χ4v) is 3.72. The number of esters is 1. The summed E-state index contributed by atoms with van der Waals surface area (Å²) >= 11 is 0. The minimum absolute atomic E-state index is 0.000735. The Hall–Kier alpha value is -3.58. The summed E-state index contributed by atoms with van der Waals surface area (Å²) in [5.41, 5.74) is -1.93. The van der Waals surface area contributed by atoms with E-state index in [1.54, 1.807) is 12.1 Å². The van der Waals surface area contributed by atoms with Crippen molar-refractivity contribution in [2.75, 3.05) is 21.2 Å². The average molecular weight is 452 g/mol. The highest BCUT2D eigenvalue weighted by atomic mass is 32.2. The normalized spacial score (nSPS) is 11.2. The number of nitro groups is 1. The number of rotatable bonds is 8. The zero-order chi connectivity index (χ0) is 23.3. The van der Waals surface area contributed by atoms with Crippen molar-refractivity contribution in [1.82, 2.24) is 14.2 Å². The smallest absolute Gasteiger partial charge is 0.339 e. The molecule has 0 saturated carbocycles. The molecule has 0 unspecified atom stereocenters. The lowest BCUT2D eigenvalue weighted by molar-refractivity contribution is -0.386. The molecule has 12 nitrogen and oxygen atoms in total. The van der Waals surface area contributed by atoms with Crippen LogP contribution in [0, 0.1) is 10.1 Å². The van der Waals surface area contributed by atoms with Crippen LogP contribution in [-0.4, -0.2) is 55.3 Å². The standard InChI is InChI=1S/C18H20N4O8S/c1-20(2)31(28,29)15-7-5-4-6-12(15)9-19-16(23)11-21-10-13(18(25)30-3)8-14(17(21)24)22(26)27/h4-8,10H,9,11H2,1-3H3,(H,19,23). The quantitative estimate of drug-likeness (QED) is 0.336. The minimum Gasteiger partial charge on any atom is -0.465 e. The molecule has 0 fully saturated rings.